The second kappa shape index (κ2) is 4.97. The highest BCUT2D eigenvalue weighted by molar-refractivity contribution is 5.92. The van der Waals surface area contributed by atoms with E-state index in [1.807, 2.05) is 48.4 Å². The Morgan fingerprint density at radius 3 is 2.90 bits per heavy atom. The van der Waals surface area contributed by atoms with Crippen molar-refractivity contribution in [2.45, 2.75) is 30.7 Å². The number of hydrogen-bond donors (Lipinski definition) is 0. The zero-order valence-corrected chi connectivity index (χ0v) is 12.2. The molecule has 4 nitrogen and oxygen atoms in total. The van der Waals surface area contributed by atoms with Crippen LogP contribution in [0.5, 0.6) is 0 Å². The van der Waals surface area contributed by atoms with E-state index in [4.69, 9.17) is 4.74 Å². The molecule has 110 valence electrons. The fourth-order valence-corrected chi connectivity index (χ4v) is 4.03. The first-order valence-electron chi connectivity index (χ1n) is 7.63. The van der Waals surface area contributed by atoms with Gasteiger partial charge in [-0.25, -0.2) is 0 Å². The molecule has 1 unspecified atom stereocenters. The summed E-state index contributed by atoms with van der Waals surface area (Å²) in [4.78, 5) is 16.8. The first-order chi connectivity index (χ1) is 10.2. The summed E-state index contributed by atoms with van der Waals surface area (Å²) in [6.07, 6.45) is 5.19. The fraction of sp³-hybridized carbons (Fsp3) is 0.471. The normalized spacial score (nSPS) is 34.0. The summed E-state index contributed by atoms with van der Waals surface area (Å²) >= 11 is 0. The van der Waals surface area contributed by atoms with E-state index in [2.05, 4.69) is 4.90 Å². The van der Waals surface area contributed by atoms with Gasteiger partial charge in [0.1, 0.15) is 0 Å². The van der Waals surface area contributed by atoms with E-state index in [1.54, 1.807) is 6.08 Å². The third kappa shape index (κ3) is 2.10. The molecule has 1 aromatic rings. The standard InChI is InChI=1S/C17H20N2O2/c1-18(15(20)8-7-12-5-3-2-4-6-12)16-14-11-19-10-9-13(21-14)17(16)19/h2-8,13-14,16-17H,9-11H2,1H3/b8-7+/t13-,14-,16+,17?/m1/s1. The maximum atomic E-state index is 12.4. The van der Waals surface area contributed by atoms with E-state index in [1.165, 1.54) is 0 Å². The second-order valence-electron chi connectivity index (χ2n) is 6.17. The van der Waals surface area contributed by atoms with Crippen LogP contribution in [0, 0.1) is 0 Å². The van der Waals surface area contributed by atoms with Crippen molar-refractivity contribution < 1.29 is 9.53 Å². The van der Waals surface area contributed by atoms with Crippen molar-refractivity contribution in [2.24, 2.45) is 0 Å². The first-order valence-corrected chi connectivity index (χ1v) is 7.63. The van der Waals surface area contributed by atoms with Crippen LogP contribution < -0.4 is 0 Å². The van der Waals surface area contributed by atoms with Gasteiger partial charge in [0.25, 0.3) is 0 Å². The molecule has 0 N–H and O–H groups in total. The first kappa shape index (κ1) is 13.0. The summed E-state index contributed by atoms with van der Waals surface area (Å²) in [5.41, 5.74) is 1.05. The van der Waals surface area contributed by atoms with Crippen LogP contribution in [0.3, 0.4) is 0 Å². The molecule has 2 bridgehead atoms. The minimum absolute atomic E-state index is 0.0619. The van der Waals surface area contributed by atoms with Crippen LogP contribution >= 0.6 is 0 Å². The molecule has 0 saturated carbocycles. The molecule has 0 radical (unpaired) electrons. The number of carbonyl (C=O) groups is 1. The minimum atomic E-state index is 0.0619. The lowest BCUT2D eigenvalue weighted by Crippen LogP contribution is -2.45. The SMILES string of the molecule is CN(C(=O)/C=C/c1ccccc1)[C@@H]1C2[C@H]3CCN2C[C@H]1O3. The molecule has 0 aliphatic carbocycles. The Kier molecular flexibility index (Phi) is 3.08. The average Bonchev–Trinajstić information content (AvgIpc) is 3.11. The van der Waals surface area contributed by atoms with Crippen LogP contribution in [-0.4, -0.2) is 60.1 Å². The maximum absolute atomic E-state index is 12.4. The molecule has 4 heteroatoms. The van der Waals surface area contributed by atoms with Crippen molar-refractivity contribution in [3.8, 4) is 0 Å². The zero-order chi connectivity index (χ0) is 14.4. The van der Waals surface area contributed by atoms with Crippen molar-refractivity contribution in [3.05, 3.63) is 42.0 Å². The van der Waals surface area contributed by atoms with Gasteiger partial charge in [-0.3, -0.25) is 9.69 Å². The van der Waals surface area contributed by atoms with E-state index in [9.17, 15) is 4.79 Å². The average molecular weight is 284 g/mol. The topological polar surface area (TPSA) is 32.8 Å². The Morgan fingerprint density at radius 1 is 1.33 bits per heavy atom. The van der Waals surface area contributed by atoms with Gasteiger partial charge in [0.2, 0.25) is 5.91 Å². The number of amides is 1. The van der Waals surface area contributed by atoms with Gasteiger partial charge in [-0.1, -0.05) is 30.3 Å². The summed E-state index contributed by atoms with van der Waals surface area (Å²) < 4.78 is 6.04. The van der Waals surface area contributed by atoms with Gasteiger partial charge < -0.3 is 9.64 Å². The van der Waals surface area contributed by atoms with Gasteiger partial charge in [0.05, 0.1) is 24.3 Å². The molecule has 4 atom stereocenters. The molecule has 0 spiro atoms. The van der Waals surface area contributed by atoms with Gasteiger partial charge in [-0.05, 0) is 18.1 Å². The van der Waals surface area contributed by atoms with Gasteiger partial charge in [-0.15, -0.1) is 0 Å². The summed E-state index contributed by atoms with van der Waals surface area (Å²) in [5.74, 6) is 0.0619. The van der Waals surface area contributed by atoms with Gasteiger partial charge in [0, 0.05) is 26.2 Å². The molecule has 3 saturated heterocycles. The number of nitrogens with zero attached hydrogens (tertiary/aromatic N) is 2. The predicted molar refractivity (Wildman–Crippen MR) is 80.7 cm³/mol. The fourth-order valence-electron chi connectivity index (χ4n) is 4.03. The number of ether oxygens (including phenoxy) is 1. The number of fused-ring (bicyclic) bond motifs is 1. The lowest BCUT2D eigenvalue weighted by molar-refractivity contribution is -0.127. The van der Waals surface area contributed by atoms with Crippen LogP contribution in [0.15, 0.2) is 36.4 Å². The minimum Gasteiger partial charge on any atom is -0.370 e. The highest BCUT2D eigenvalue weighted by Gasteiger charge is 2.58. The third-order valence-corrected chi connectivity index (χ3v) is 5.01. The summed E-state index contributed by atoms with van der Waals surface area (Å²) in [7, 11) is 1.91. The van der Waals surface area contributed by atoms with E-state index in [0.29, 0.717) is 12.1 Å². The summed E-state index contributed by atoms with van der Waals surface area (Å²) in [6, 6.07) is 10.5. The molecule has 1 amide bonds. The quantitative estimate of drug-likeness (QED) is 0.786. The summed E-state index contributed by atoms with van der Waals surface area (Å²) in [6.45, 7) is 2.09. The van der Waals surface area contributed by atoms with Crippen LogP contribution in [0.1, 0.15) is 12.0 Å². The molecular weight excluding hydrogens is 264 g/mol. The van der Waals surface area contributed by atoms with Crippen molar-refractivity contribution in [3.63, 3.8) is 0 Å². The second-order valence-corrected chi connectivity index (χ2v) is 6.17. The number of morpholine rings is 1. The predicted octanol–water partition coefficient (Wildman–Crippen LogP) is 1.38. The molecule has 3 fully saturated rings. The molecule has 4 rings (SSSR count). The zero-order valence-electron chi connectivity index (χ0n) is 12.2. The lowest BCUT2D eigenvalue weighted by Gasteiger charge is -2.26. The van der Waals surface area contributed by atoms with Crippen molar-refractivity contribution >= 4 is 12.0 Å². The largest absolute Gasteiger partial charge is 0.370 e. The Bertz CT molecular complexity index is 557. The molecule has 3 aliphatic rings. The molecule has 0 aromatic heterocycles. The van der Waals surface area contributed by atoms with Crippen LogP contribution in [-0.2, 0) is 9.53 Å². The Balaban J connectivity index is 1.47. The molecule has 3 heterocycles. The van der Waals surface area contributed by atoms with Gasteiger partial charge in [0.15, 0.2) is 0 Å². The lowest BCUT2D eigenvalue weighted by atomic mass is 10.1. The molecular formula is C17H20N2O2. The van der Waals surface area contributed by atoms with E-state index in [0.717, 1.165) is 25.1 Å². The van der Waals surface area contributed by atoms with E-state index >= 15 is 0 Å². The van der Waals surface area contributed by atoms with Crippen molar-refractivity contribution in [2.75, 3.05) is 20.1 Å². The van der Waals surface area contributed by atoms with E-state index < -0.39 is 0 Å². The number of benzene rings is 1. The van der Waals surface area contributed by atoms with Crippen LogP contribution in [0.4, 0.5) is 0 Å². The summed E-state index contributed by atoms with van der Waals surface area (Å²) in [5, 5.41) is 0. The Hall–Kier alpha value is -1.65. The van der Waals surface area contributed by atoms with Crippen LogP contribution in [0.2, 0.25) is 0 Å². The van der Waals surface area contributed by atoms with E-state index in [-0.39, 0.29) is 18.1 Å². The van der Waals surface area contributed by atoms with Gasteiger partial charge >= 0.3 is 0 Å². The smallest absolute Gasteiger partial charge is 0.246 e. The number of likely N-dealkylation sites (N-methyl/N-ethyl adjacent to an activating group) is 1. The monoisotopic (exact) mass is 284 g/mol. The Labute approximate surface area is 125 Å². The third-order valence-electron chi connectivity index (χ3n) is 5.01. The number of hydrogen-bond acceptors (Lipinski definition) is 3. The van der Waals surface area contributed by atoms with Crippen LogP contribution in [0.25, 0.3) is 6.08 Å². The molecule has 3 aliphatic heterocycles. The number of carbonyl (C=O) groups excluding carboxylic acids is 1. The van der Waals surface area contributed by atoms with Crippen molar-refractivity contribution in [1.29, 1.82) is 0 Å². The maximum Gasteiger partial charge on any atom is 0.246 e. The van der Waals surface area contributed by atoms with Gasteiger partial charge in [-0.2, -0.15) is 0 Å². The van der Waals surface area contributed by atoms with Crippen molar-refractivity contribution in [1.82, 2.24) is 9.80 Å². The molecule has 1 aromatic carbocycles. The highest BCUT2D eigenvalue weighted by atomic mass is 16.5. The Morgan fingerprint density at radius 2 is 2.14 bits per heavy atom. The number of rotatable bonds is 3. The highest BCUT2D eigenvalue weighted by Crippen LogP contribution is 2.41. The molecule has 21 heavy (non-hydrogen) atoms.